The van der Waals surface area contributed by atoms with Gasteiger partial charge in [-0.15, -0.1) is 0 Å². The predicted molar refractivity (Wildman–Crippen MR) is 86.5 cm³/mol. The molecule has 4 rings (SSSR count). The van der Waals surface area contributed by atoms with E-state index in [1.54, 1.807) is 0 Å². The molecule has 3 fully saturated rings. The Morgan fingerprint density at radius 3 is 2.91 bits per heavy atom. The minimum Gasteiger partial charge on any atom is -0.377 e. The van der Waals surface area contributed by atoms with Gasteiger partial charge < -0.3 is 9.64 Å². The van der Waals surface area contributed by atoms with Gasteiger partial charge in [-0.3, -0.25) is 14.8 Å². The molecule has 0 aromatic carbocycles. The fourth-order valence-electron chi connectivity index (χ4n) is 3.64. The van der Waals surface area contributed by atoms with Gasteiger partial charge in [0.2, 0.25) is 0 Å². The molecule has 3 aliphatic rings. The summed E-state index contributed by atoms with van der Waals surface area (Å²) in [4.78, 5) is 17.1. The van der Waals surface area contributed by atoms with Gasteiger partial charge in [0.25, 0.3) is 5.91 Å². The minimum atomic E-state index is 0.0760. The summed E-state index contributed by atoms with van der Waals surface area (Å²) in [6.45, 7) is 5.52. The third kappa shape index (κ3) is 3.58. The van der Waals surface area contributed by atoms with Crippen LogP contribution in [0.4, 0.5) is 0 Å². The van der Waals surface area contributed by atoms with Crippen LogP contribution in [0.3, 0.4) is 0 Å². The van der Waals surface area contributed by atoms with E-state index < -0.39 is 0 Å². The van der Waals surface area contributed by atoms with Crippen LogP contribution in [0.1, 0.15) is 54.2 Å². The zero-order valence-electron chi connectivity index (χ0n) is 13.7. The second-order valence-corrected chi connectivity index (χ2v) is 7.06. The lowest BCUT2D eigenvalue weighted by Crippen LogP contribution is -2.37. The lowest BCUT2D eigenvalue weighted by Gasteiger charge is -2.23. The Morgan fingerprint density at radius 2 is 2.13 bits per heavy atom. The highest BCUT2D eigenvalue weighted by Crippen LogP contribution is 2.39. The first-order valence-corrected chi connectivity index (χ1v) is 8.98. The molecule has 1 saturated carbocycles. The Morgan fingerprint density at radius 1 is 1.22 bits per heavy atom. The van der Waals surface area contributed by atoms with Crippen molar-refractivity contribution in [3.63, 3.8) is 0 Å². The number of aromatic nitrogens is 2. The van der Waals surface area contributed by atoms with Crippen molar-refractivity contribution in [3.8, 4) is 0 Å². The molecule has 1 aromatic rings. The third-order valence-corrected chi connectivity index (χ3v) is 5.20. The lowest BCUT2D eigenvalue weighted by molar-refractivity contribution is 0.0701. The number of aromatic amines is 1. The number of nitrogens with zero attached hydrogens (tertiary/aromatic N) is 3. The molecule has 6 nitrogen and oxygen atoms in total. The van der Waals surface area contributed by atoms with Crippen LogP contribution in [0, 0.1) is 0 Å². The topological polar surface area (TPSA) is 61.5 Å². The zero-order chi connectivity index (χ0) is 15.6. The normalized spacial score (nSPS) is 26.4. The van der Waals surface area contributed by atoms with Crippen molar-refractivity contribution >= 4 is 5.91 Å². The molecule has 0 radical (unpaired) electrons. The standard InChI is InChI=1S/C17H26N4O2/c22-17(16-11-15(18-19-16)13-4-5-13)21-7-2-6-20(8-9-21)12-14-3-1-10-23-14/h11,13-14H,1-10,12H2,(H,18,19). The molecule has 2 saturated heterocycles. The van der Waals surface area contributed by atoms with Crippen LogP contribution in [0.5, 0.6) is 0 Å². The van der Waals surface area contributed by atoms with Crippen molar-refractivity contribution in [1.82, 2.24) is 20.0 Å². The van der Waals surface area contributed by atoms with Crippen LogP contribution in [-0.2, 0) is 4.74 Å². The number of carbonyl (C=O) groups excluding carboxylic acids is 1. The summed E-state index contributed by atoms with van der Waals surface area (Å²) in [6.07, 6.45) is 6.22. The molecule has 2 aliphatic heterocycles. The zero-order valence-corrected chi connectivity index (χ0v) is 13.7. The van der Waals surface area contributed by atoms with Crippen molar-refractivity contribution in [2.75, 3.05) is 39.3 Å². The van der Waals surface area contributed by atoms with Gasteiger partial charge >= 0.3 is 0 Å². The number of nitrogens with one attached hydrogen (secondary N) is 1. The molecule has 1 amide bonds. The number of hydrogen-bond acceptors (Lipinski definition) is 4. The van der Waals surface area contributed by atoms with Crippen molar-refractivity contribution in [2.45, 2.75) is 44.1 Å². The third-order valence-electron chi connectivity index (χ3n) is 5.20. The van der Waals surface area contributed by atoms with E-state index in [0.717, 1.165) is 51.4 Å². The van der Waals surface area contributed by atoms with Crippen LogP contribution >= 0.6 is 0 Å². The summed E-state index contributed by atoms with van der Waals surface area (Å²) < 4.78 is 5.73. The molecule has 1 aromatic heterocycles. The summed E-state index contributed by atoms with van der Waals surface area (Å²) in [5.74, 6) is 0.683. The van der Waals surface area contributed by atoms with Crippen LogP contribution in [-0.4, -0.2) is 71.3 Å². The van der Waals surface area contributed by atoms with Crippen LogP contribution in [0.15, 0.2) is 6.07 Å². The summed E-state index contributed by atoms with van der Waals surface area (Å²) in [7, 11) is 0. The number of carbonyl (C=O) groups is 1. The Balaban J connectivity index is 1.32. The molecular formula is C17H26N4O2. The van der Waals surface area contributed by atoms with Gasteiger partial charge in [-0.2, -0.15) is 5.10 Å². The van der Waals surface area contributed by atoms with E-state index in [9.17, 15) is 4.79 Å². The summed E-state index contributed by atoms with van der Waals surface area (Å²) in [5.41, 5.74) is 1.71. The van der Waals surface area contributed by atoms with Gasteiger partial charge in [-0.05, 0) is 44.7 Å². The predicted octanol–water partition coefficient (Wildman–Crippen LogP) is 1.61. The maximum absolute atomic E-state index is 12.7. The number of H-pyrrole nitrogens is 1. The van der Waals surface area contributed by atoms with Gasteiger partial charge in [0, 0.05) is 44.4 Å². The second kappa shape index (κ2) is 6.61. The Labute approximate surface area is 137 Å². The molecule has 0 bridgehead atoms. The van der Waals surface area contributed by atoms with Crippen LogP contribution < -0.4 is 0 Å². The molecule has 23 heavy (non-hydrogen) atoms. The maximum Gasteiger partial charge on any atom is 0.274 e. The molecule has 1 N–H and O–H groups in total. The average Bonchev–Trinajstić information content (AvgIpc) is 3.15. The quantitative estimate of drug-likeness (QED) is 0.916. The molecular weight excluding hydrogens is 292 g/mol. The second-order valence-electron chi connectivity index (χ2n) is 7.06. The number of amides is 1. The monoisotopic (exact) mass is 318 g/mol. The van der Waals surface area contributed by atoms with Gasteiger partial charge in [0.1, 0.15) is 5.69 Å². The Bertz CT molecular complexity index is 549. The van der Waals surface area contributed by atoms with E-state index in [4.69, 9.17) is 4.74 Å². The summed E-state index contributed by atoms with van der Waals surface area (Å²) in [6, 6.07) is 1.95. The molecule has 126 valence electrons. The molecule has 1 aliphatic carbocycles. The first-order chi connectivity index (χ1) is 11.3. The van der Waals surface area contributed by atoms with Gasteiger partial charge in [0.05, 0.1) is 6.10 Å². The van der Waals surface area contributed by atoms with Crippen molar-refractivity contribution in [2.24, 2.45) is 0 Å². The van der Waals surface area contributed by atoms with Crippen molar-refractivity contribution < 1.29 is 9.53 Å². The average molecular weight is 318 g/mol. The Hall–Kier alpha value is -1.40. The number of ether oxygens (including phenoxy) is 1. The largest absolute Gasteiger partial charge is 0.377 e. The summed E-state index contributed by atoms with van der Waals surface area (Å²) >= 11 is 0. The highest BCUT2D eigenvalue weighted by atomic mass is 16.5. The van der Waals surface area contributed by atoms with Crippen molar-refractivity contribution in [1.29, 1.82) is 0 Å². The lowest BCUT2D eigenvalue weighted by atomic mass is 10.2. The SMILES string of the molecule is O=C(c1cc(C2CC2)[nH]n1)N1CCCN(CC2CCCO2)CC1. The number of rotatable bonds is 4. The van der Waals surface area contributed by atoms with Gasteiger partial charge in [-0.1, -0.05) is 0 Å². The van der Waals surface area contributed by atoms with E-state index in [-0.39, 0.29) is 5.91 Å². The number of hydrogen-bond donors (Lipinski definition) is 1. The molecule has 6 heteroatoms. The molecule has 1 unspecified atom stereocenters. The molecule has 0 spiro atoms. The summed E-state index contributed by atoms with van der Waals surface area (Å²) in [5, 5.41) is 7.27. The first-order valence-electron chi connectivity index (χ1n) is 8.98. The smallest absolute Gasteiger partial charge is 0.274 e. The van der Waals surface area contributed by atoms with E-state index in [2.05, 4.69) is 15.1 Å². The highest BCUT2D eigenvalue weighted by molar-refractivity contribution is 5.92. The highest BCUT2D eigenvalue weighted by Gasteiger charge is 2.28. The molecule has 3 heterocycles. The fraction of sp³-hybridized carbons (Fsp3) is 0.765. The van der Waals surface area contributed by atoms with E-state index >= 15 is 0 Å². The molecule has 1 atom stereocenters. The Kier molecular flexibility index (Phi) is 4.35. The first kappa shape index (κ1) is 15.1. The van der Waals surface area contributed by atoms with Crippen LogP contribution in [0.2, 0.25) is 0 Å². The van der Waals surface area contributed by atoms with E-state index in [0.29, 0.717) is 17.7 Å². The van der Waals surface area contributed by atoms with E-state index in [1.807, 2.05) is 11.0 Å². The van der Waals surface area contributed by atoms with Crippen molar-refractivity contribution in [3.05, 3.63) is 17.5 Å². The van der Waals surface area contributed by atoms with Gasteiger partial charge in [-0.25, -0.2) is 0 Å². The fourth-order valence-corrected chi connectivity index (χ4v) is 3.64. The minimum absolute atomic E-state index is 0.0760. The van der Waals surface area contributed by atoms with Crippen LogP contribution in [0.25, 0.3) is 0 Å². The van der Waals surface area contributed by atoms with E-state index in [1.165, 1.54) is 25.7 Å². The van der Waals surface area contributed by atoms with Gasteiger partial charge in [0.15, 0.2) is 0 Å². The maximum atomic E-state index is 12.7.